The zero-order valence-electron chi connectivity index (χ0n) is 16.0. The molecule has 0 saturated carbocycles. The summed E-state index contributed by atoms with van der Waals surface area (Å²) in [5.74, 6) is -0.253. The summed E-state index contributed by atoms with van der Waals surface area (Å²) in [7, 11) is 0. The molecule has 1 aromatic carbocycles. The molecule has 3 aromatic rings. The number of hydrogen-bond acceptors (Lipinski definition) is 4. The van der Waals surface area contributed by atoms with Gasteiger partial charge in [-0.05, 0) is 24.3 Å². The summed E-state index contributed by atoms with van der Waals surface area (Å²) in [6.45, 7) is 1.50. The van der Waals surface area contributed by atoms with Gasteiger partial charge in [0, 0.05) is 42.8 Å². The first-order chi connectivity index (χ1) is 14.7. The molecule has 1 aliphatic rings. The lowest BCUT2D eigenvalue weighted by Gasteiger charge is -2.35. The molecule has 4 rings (SSSR count). The normalized spacial score (nSPS) is 14.7. The van der Waals surface area contributed by atoms with Crippen LogP contribution in [0.15, 0.2) is 48.7 Å². The number of pyridine rings is 1. The van der Waals surface area contributed by atoms with Gasteiger partial charge in [0.15, 0.2) is 0 Å². The second-order valence-electron chi connectivity index (χ2n) is 6.95. The Morgan fingerprint density at radius 1 is 1.06 bits per heavy atom. The van der Waals surface area contributed by atoms with Gasteiger partial charge in [0.05, 0.1) is 15.5 Å². The van der Waals surface area contributed by atoms with Gasteiger partial charge in [0.25, 0.3) is 5.91 Å². The number of amides is 1. The molecule has 0 spiro atoms. The number of alkyl halides is 3. The number of carbonyl (C=O) groups excluding carboxylic acids is 1. The average molecular weight is 470 g/mol. The van der Waals surface area contributed by atoms with Crippen molar-refractivity contribution in [1.29, 1.82) is 0 Å². The Kier molecular flexibility index (Phi) is 5.90. The quantitative estimate of drug-likeness (QED) is 0.470. The summed E-state index contributed by atoms with van der Waals surface area (Å²) in [6.07, 6.45) is -3.75. The van der Waals surface area contributed by atoms with E-state index < -0.39 is 11.7 Å². The van der Waals surface area contributed by atoms with E-state index in [1.807, 2.05) is 0 Å². The first-order valence-corrected chi connectivity index (χ1v) is 10.5. The maximum atomic E-state index is 14.0. The van der Waals surface area contributed by atoms with Crippen molar-refractivity contribution in [3.8, 4) is 10.4 Å². The van der Waals surface area contributed by atoms with Crippen molar-refractivity contribution >= 4 is 34.7 Å². The molecule has 1 aliphatic heterocycles. The van der Waals surface area contributed by atoms with Gasteiger partial charge in [-0.15, -0.1) is 11.3 Å². The summed E-state index contributed by atoms with van der Waals surface area (Å²) in [5.41, 5.74) is -0.460. The fourth-order valence-electron chi connectivity index (χ4n) is 3.35. The van der Waals surface area contributed by atoms with E-state index in [9.17, 15) is 22.4 Å². The van der Waals surface area contributed by atoms with E-state index in [0.29, 0.717) is 41.5 Å². The Morgan fingerprint density at radius 2 is 1.77 bits per heavy atom. The molecular weight excluding hydrogens is 454 g/mol. The van der Waals surface area contributed by atoms with Crippen LogP contribution in [0.4, 0.5) is 23.4 Å². The van der Waals surface area contributed by atoms with Crippen LogP contribution >= 0.6 is 22.9 Å². The van der Waals surface area contributed by atoms with Crippen molar-refractivity contribution in [2.75, 3.05) is 31.1 Å². The van der Waals surface area contributed by atoms with Crippen molar-refractivity contribution in [2.24, 2.45) is 0 Å². The molecule has 1 fully saturated rings. The van der Waals surface area contributed by atoms with E-state index >= 15 is 0 Å². The number of benzene rings is 1. The van der Waals surface area contributed by atoms with Crippen LogP contribution < -0.4 is 4.90 Å². The Bertz CT molecular complexity index is 1110. The Morgan fingerprint density at radius 3 is 2.42 bits per heavy atom. The SMILES string of the molecule is O=C(c1ccc(-c2ccccc2F)s1)N1CCN(c2ncc(C(F)(F)F)cc2Cl)CC1. The molecule has 0 N–H and O–H groups in total. The number of halogens is 5. The molecule has 10 heteroatoms. The zero-order chi connectivity index (χ0) is 22.2. The predicted octanol–water partition coefficient (Wildman–Crippen LogP) is 5.58. The standard InChI is InChI=1S/C21H16ClF4N3OS/c22-15-11-13(21(24,25)26)12-27-19(15)28-7-9-29(10-8-28)20(30)18-6-5-17(31-18)14-3-1-2-4-16(14)23/h1-6,11-12H,7-10H2. The van der Waals surface area contributed by atoms with Gasteiger partial charge in [-0.1, -0.05) is 29.8 Å². The number of rotatable bonds is 3. The number of carbonyl (C=O) groups is 1. The first kappa shape index (κ1) is 21.6. The highest BCUT2D eigenvalue weighted by Crippen LogP contribution is 2.34. The van der Waals surface area contributed by atoms with Crippen molar-refractivity contribution in [3.63, 3.8) is 0 Å². The molecule has 0 aliphatic carbocycles. The van der Waals surface area contributed by atoms with Gasteiger partial charge in [-0.25, -0.2) is 9.37 Å². The van der Waals surface area contributed by atoms with Crippen molar-refractivity contribution in [3.05, 3.63) is 69.9 Å². The summed E-state index contributed by atoms with van der Waals surface area (Å²) in [6, 6.07) is 10.6. The van der Waals surface area contributed by atoms with E-state index in [1.54, 1.807) is 40.1 Å². The number of thiophene rings is 1. The molecule has 1 saturated heterocycles. The zero-order valence-corrected chi connectivity index (χ0v) is 17.6. The highest BCUT2D eigenvalue weighted by atomic mass is 35.5. The number of aromatic nitrogens is 1. The van der Waals surface area contributed by atoms with Crippen LogP contribution in [-0.2, 0) is 6.18 Å². The topological polar surface area (TPSA) is 36.4 Å². The molecule has 0 radical (unpaired) electrons. The molecule has 4 nitrogen and oxygen atoms in total. The Balaban J connectivity index is 1.43. The Hall–Kier alpha value is -2.65. The van der Waals surface area contributed by atoms with Crippen LogP contribution in [-0.4, -0.2) is 42.0 Å². The summed E-state index contributed by atoms with van der Waals surface area (Å²) in [4.78, 5) is 21.3. The van der Waals surface area contributed by atoms with Crippen LogP contribution in [0.1, 0.15) is 15.2 Å². The highest BCUT2D eigenvalue weighted by molar-refractivity contribution is 7.17. The van der Waals surface area contributed by atoms with Gasteiger partial charge >= 0.3 is 6.18 Å². The van der Waals surface area contributed by atoms with Crippen molar-refractivity contribution < 1.29 is 22.4 Å². The summed E-state index contributed by atoms with van der Waals surface area (Å²) in [5, 5.41) is -0.0811. The van der Waals surface area contributed by atoms with Crippen molar-refractivity contribution in [2.45, 2.75) is 6.18 Å². The molecule has 0 atom stereocenters. The number of hydrogen-bond donors (Lipinski definition) is 0. The maximum absolute atomic E-state index is 14.0. The van der Waals surface area contributed by atoms with Gasteiger partial charge in [0.2, 0.25) is 0 Å². The van der Waals surface area contributed by atoms with Gasteiger partial charge in [0.1, 0.15) is 11.6 Å². The number of anilines is 1. The minimum absolute atomic E-state index is 0.0811. The minimum atomic E-state index is -4.51. The molecule has 31 heavy (non-hydrogen) atoms. The monoisotopic (exact) mass is 469 g/mol. The summed E-state index contributed by atoms with van der Waals surface area (Å²) < 4.78 is 52.4. The summed E-state index contributed by atoms with van der Waals surface area (Å²) >= 11 is 7.24. The van der Waals surface area contributed by atoms with E-state index in [0.717, 1.165) is 12.3 Å². The molecule has 3 heterocycles. The van der Waals surface area contributed by atoms with Gasteiger partial charge < -0.3 is 9.80 Å². The second kappa shape index (κ2) is 8.47. The molecule has 0 bridgehead atoms. The fourth-order valence-corrected chi connectivity index (χ4v) is 4.64. The lowest BCUT2D eigenvalue weighted by Crippen LogP contribution is -2.49. The van der Waals surface area contributed by atoms with Crippen LogP contribution in [0.25, 0.3) is 10.4 Å². The lowest BCUT2D eigenvalue weighted by atomic mass is 10.2. The van der Waals surface area contributed by atoms with Crippen LogP contribution in [0.5, 0.6) is 0 Å². The molecule has 2 aromatic heterocycles. The molecule has 1 amide bonds. The molecular formula is C21H16ClF4N3OS. The van der Waals surface area contributed by atoms with E-state index in [2.05, 4.69) is 4.98 Å². The van der Waals surface area contributed by atoms with E-state index in [-0.39, 0.29) is 22.6 Å². The van der Waals surface area contributed by atoms with Gasteiger partial charge in [-0.3, -0.25) is 4.79 Å². The smallest absolute Gasteiger partial charge is 0.352 e. The predicted molar refractivity (Wildman–Crippen MR) is 112 cm³/mol. The number of nitrogens with zero attached hydrogens (tertiary/aromatic N) is 3. The van der Waals surface area contributed by atoms with Crippen molar-refractivity contribution in [1.82, 2.24) is 9.88 Å². The van der Waals surface area contributed by atoms with Crippen LogP contribution in [0.2, 0.25) is 5.02 Å². The first-order valence-electron chi connectivity index (χ1n) is 9.36. The third-order valence-corrected chi connectivity index (χ3v) is 6.36. The minimum Gasteiger partial charge on any atom is -0.352 e. The van der Waals surface area contributed by atoms with Crippen LogP contribution in [0.3, 0.4) is 0 Å². The lowest BCUT2D eigenvalue weighted by molar-refractivity contribution is -0.137. The molecule has 162 valence electrons. The fraction of sp³-hybridized carbons (Fsp3) is 0.238. The van der Waals surface area contributed by atoms with Gasteiger partial charge in [-0.2, -0.15) is 13.2 Å². The number of piperazine rings is 1. The largest absolute Gasteiger partial charge is 0.417 e. The third kappa shape index (κ3) is 4.52. The average Bonchev–Trinajstić information content (AvgIpc) is 3.23. The van der Waals surface area contributed by atoms with E-state index in [1.165, 1.54) is 17.4 Å². The second-order valence-corrected chi connectivity index (χ2v) is 8.44. The van der Waals surface area contributed by atoms with Crippen LogP contribution in [0, 0.1) is 5.82 Å². The van der Waals surface area contributed by atoms with E-state index in [4.69, 9.17) is 11.6 Å². The Labute approximate surface area is 184 Å². The highest BCUT2D eigenvalue weighted by Gasteiger charge is 2.32. The third-order valence-electron chi connectivity index (χ3n) is 4.97. The maximum Gasteiger partial charge on any atom is 0.417 e. The molecule has 0 unspecified atom stereocenters.